The molecule has 4 heteroatoms. The summed E-state index contributed by atoms with van der Waals surface area (Å²) < 4.78 is 6.52. The van der Waals surface area contributed by atoms with E-state index in [-0.39, 0.29) is 12.2 Å². The molecule has 3 nitrogen and oxygen atoms in total. The van der Waals surface area contributed by atoms with Crippen molar-refractivity contribution >= 4 is 11.6 Å². The first-order valence-corrected chi connectivity index (χ1v) is 9.19. The summed E-state index contributed by atoms with van der Waals surface area (Å²) in [6.07, 6.45) is 2.77. The molecule has 1 aliphatic rings. The Hall–Kier alpha value is -1.86. The highest BCUT2D eigenvalue weighted by molar-refractivity contribution is 6.30. The van der Waals surface area contributed by atoms with E-state index in [1.807, 2.05) is 42.5 Å². The lowest BCUT2D eigenvalue weighted by Crippen LogP contribution is -2.38. The molecule has 2 aromatic rings. The third-order valence-electron chi connectivity index (χ3n) is 4.68. The molecule has 1 heterocycles. The molecule has 0 saturated carbocycles. The van der Waals surface area contributed by atoms with Gasteiger partial charge >= 0.3 is 0 Å². The van der Waals surface area contributed by atoms with Crippen LogP contribution in [0.3, 0.4) is 0 Å². The number of piperidine rings is 1. The molecule has 25 heavy (non-hydrogen) atoms. The highest BCUT2D eigenvalue weighted by Crippen LogP contribution is 2.30. The van der Waals surface area contributed by atoms with Gasteiger partial charge < -0.3 is 9.64 Å². The number of likely N-dealkylation sites (tertiary alicyclic amines) is 1. The fourth-order valence-corrected chi connectivity index (χ4v) is 3.41. The van der Waals surface area contributed by atoms with Crippen LogP contribution < -0.4 is 0 Å². The van der Waals surface area contributed by atoms with E-state index in [0.717, 1.165) is 48.6 Å². The van der Waals surface area contributed by atoms with Crippen molar-refractivity contribution in [3.8, 4) is 6.07 Å². The molecule has 0 bridgehead atoms. The van der Waals surface area contributed by atoms with Crippen LogP contribution in [0.4, 0.5) is 0 Å². The molecular formula is C21H23ClN2O. The standard InChI is InChI=1S/C21H23ClN2O/c22-19-9-7-18(8-10-19)21(17-5-2-1-3-6-17)25-20-11-15-24(16-12-20)14-4-13-23/h1-3,5-10,20-21H,4,11-12,14-16H2. The third kappa shape index (κ3) is 5.06. The molecule has 0 amide bonds. The fraction of sp³-hybridized carbons (Fsp3) is 0.381. The van der Waals surface area contributed by atoms with Gasteiger partial charge in [-0.1, -0.05) is 54.1 Å². The molecule has 0 radical (unpaired) electrons. The van der Waals surface area contributed by atoms with E-state index in [0.29, 0.717) is 6.42 Å². The van der Waals surface area contributed by atoms with Gasteiger partial charge in [-0.05, 0) is 36.1 Å². The second kappa shape index (κ2) is 9.01. The van der Waals surface area contributed by atoms with Crippen molar-refractivity contribution in [1.82, 2.24) is 4.90 Å². The Morgan fingerprint density at radius 2 is 1.68 bits per heavy atom. The van der Waals surface area contributed by atoms with Gasteiger partial charge in [0.2, 0.25) is 0 Å². The Labute approximate surface area is 154 Å². The smallest absolute Gasteiger partial charge is 0.108 e. The van der Waals surface area contributed by atoms with Crippen molar-refractivity contribution in [3.63, 3.8) is 0 Å². The minimum absolute atomic E-state index is 0.0749. The molecule has 0 aromatic heterocycles. The largest absolute Gasteiger partial charge is 0.365 e. The number of nitriles is 1. The van der Waals surface area contributed by atoms with Crippen molar-refractivity contribution in [2.24, 2.45) is 0 Å². The maximum atomic E-state index is 8.73. The van der Waals surface area contributed by atoms with Crippen LogP contribution in [-0.2, 0) is 4.74 Å². The predicted molar refractivity (Wildman–Crippen MR) is 101 cm³/mol. The molecule has 0 aliphatic carbocycles. The van der Waals surface area contributed by atoms with Crippen LogP contribution in [0.2, 0.25) is 5.02 Å². The van der Waals surface area contributed by atoms with E-state index in [9.17, 15) is 0 Å². The Morgan fingerprint density at radius 1 is 1.04 bits per heavy atom. The van der Waals surface area contributed by atoms with Crippen LogP contribution in [-0.4, -0.2) is 30.6 Å². The van der Waals surface area contributed by atoms with Crippen molar-refractivity contribution in [2.45, 2.75) is 31.5 Å². The molecule has 0 N–H and O–H groups in total. The minimum atomic E-state index is -0.0749. The molecule has 130 valence electrons. The zero-order chi connectivity index (χ0) is 17.5. The lowest BCUT2D eigenvalue weighted by molar-refractivity contribution is -0.0266. The molecule has 1 atom stereocenters. The van der Waals surface area contributed by atoms with Crippen molar-refractivity contribution in [1.29, 1.82) is 5.26 Å². The first-order chi connectivity index (χ1) is 12.3. The first kappa shape index (κ1) is 17.9. The van der Waals surface area contributed by atoms with Crippen LogP contribution in [0, 0.1) is 11.3 Å². The van der Waals surface area contributed by atoms with Gasteiger partial charge in [-0.3, -0.25) is 0 Å². The third-order valence-corrected chi connectivity index (χ3v) is 4.93. The molecular weight excluding hydrogens is 332 g/mol. The average molecular weight is 355 g/mol. The Morgan fingerprint density at radius 3 is 2.32 bits per heavy atom. The zero-order valence-corrected chi connectivity index (χ0v) is 15.0. The summed E-state index contributed by atoms with van der Waals surface area (Å²) >= 11 is 6.04. The van der Waals surface area contributed by atoms with Gasteiger partial charge in [-0.25, -0.2) is 0 Å². The minimum Gasteiger partial charge on any atom is -0.365 e. The van der Waals surface area contributed by atoms with Gasteiger partial charge in [0.05, 0.1) is 12.2 Å². The summed E-state index contributed by atoms with van der Waals surface area (Å²) in [5.41, 5.74) is 2.29. The van der Waals surface area contributed by atoms with Crippen LogP contribution in [0.1, 0.15) is 36.5 Å². The molecule has 1 aliphatic heterocycles. The number of nitrogens with zero attached hydrogens (tertiary/aromatic N) is 2. The van der Waals surface area contributed by atoms with E-state index in [1.165, 1.54) is 0 Å². The predicted octanol–water partition coefficient (Wildman–Crippen LogP) is 4.82. The summed E-state index contributed by atoms with van der Waals surface area (Å²) in [5, 5.41) is 9.47. The molecule has 1 saturated heterocycles. The fourth-order valence-electron chi connectivity index (χ4n) is 3.28. The molecule has 1 fully saturated rings. The Bertz CT molecular complexity index is 688. The number of rotatable bonds is 6. The number of ether oxygens (including phenoxy) is 1. The van der Waals surface area contributed by atoms with E-state index < -0.39 is 0 Å². The van der Waals surface area contributed by atoms with Gasteiger partial charge in [0, 0.05) is 31.1 Å². The van der Waals surface area contributed by atoms with Gasteiger partial charge in [-0.2, -0.15) is 5.26 Å². The lowest BCUT2D eigenvalue weighted by atomic mass is 10.00. The lowest BCUT2D eigenvalue weighted by Gasteiger charge is -2.34. The second-order valence-electron chi connectivity index (χ2n) is 6.43. The number of hydrogen-bond acceptors (Lipinski definition) is 3. The van der Waals surface area contributed by atoms with Gasteiger partial charge in [-0.15, -0.1) is 0 Å². The first-order valence-electron chi connectivity index (χ1n) is 8.81. The quantitative estimate of drug-likeness (QED) is 0.745. The maximum absolute atomic E-state index is 8.73. The SMILES string of the molecule is N#CCCN1CCC(OC(c2ccccc2)c2ccc(Cl)cc2)CC1. The van der Waals surface area contributed by atoms with Crippen LogP contribution >= 0.6 is 11.6 Å². The average Bonchev–Trinajstić information content (AvgIpc) is 2.67. The maximum Gasteiger partial charge on any atom is 0.108 e. The van der Waals surface area contributed by atoms with Gasteiger partial charge in [0.1, 0.15) is 6.10 Å². The van der Waals surface area contributed by atoms with Crippen molar-refractivity contribution in [3.05, 3.63) is 70.7 Å². The summed E-state index contributed by atoms with van der Waals surface area (Å²) in [7, 11) is 0. The summed E-state index contributed by atoms with van der Waals surface area (Å²) in [5.74, 6) is 0. The van der Waals surface area contributed by atoms with E-state index >= 15 is 0 Å². The monoisotopic (exact) mass is 354 g/mol. The summed E-state index contributed by atoms with van der Waals surface area (Å²) in [6.45, 7) is 2.85. The normalized spacial score (nSPS) is 17.1. The summed E-state index contributed by atoms with van der Waals surface area (Å²) in [6, 6.07) is 20.5. The van der Waals surface area contributed by atoms with Crippen LogP contribution in [0.5, 0.6) is 0 Å². The Kier molecular flexibility index (Phi) is 6.47. The molecule has 2 aromatic carbocycles. The highest BCUT2D eigenvalue weighted by atomic mass is 35.5. The van der Waals surface area contributed by atoms with Crippen LogP contribution in [0.25, 0.3) is 0 Å². The van der Waals surface area contributed by atoms with E-state index in [1.54, 1.807) is 0 Å². The molecule has 0 spiro atoms. The van der Waals surface area contributed by atoms with Crippen LogP contribution in [0.15, 0.2) is 54.6 Å². The summed E-state index contributed by atoms with van der Waals surface area (Å²) in [4.78, 5) is 2.35. The number of hydrogen-bond donors (Lipinski definition) is 0. The van der Waals surface area contributed by atoms with E-state index in [2.05, 4.69) is 23.1 Å². The van der Waals surface area contributed by atoms with Gasteiger partial charge in [0.15, 0.2) is 0 Å². The highest BCUT2D eigenvalue weighted by Gasteiger charge is 2.24. The topological polar surface area (TPSA) is 36.3 Å². The zero-order valence-electron chi connectivity index (χ0n) is 14.3. The van der Waals surface area contributed by atoms with E-state index in [4.69, 9.17) is 21.6 Å². The number of benzene rings is 2. The van der Waals surface area contributed by atoms with Crippen molar-refractivity contribution in [2.75, 3.05) is 19.6 Å². The molecule has 1 unspecified atom stereocenters. The Balaban J connectivity index is 1.69. The van der Waals surface area contributed by atoms with Gasteiger partial charge in [0.25, 0.3) is 0 Å². The number of halogens is 1. The second-order valence-corrected chi connectivity index (χ2v) is 6.86. The molecule has 3 rings (SSSR count). The van der Waals surface area contributed by atoms with Crippen molar-refractivity contribution < 1.29 is 4.74 Å².